The van der Waals surface area contributed by atoms with Gasteiger partial charge in [0.15, 0.2) is 0 Å². The first-order valence-electron chi connectivity index (χ1n) is 6.15. The van der Waals surface area contributed by atoms with Gasteiger partial charge >= 0.3 is 0 Å². The van der Waals surface area contributed by atoms with E-state index < -0.39 is 0 Å². The van der Waals surface area contributed by atoms with Crippen molar-refractivity contribution in [1.82, 2.24) is 15.2 Å². The summed E-state index contributed by atoms with van der Waals surface area (Å²) in [4.78, 5) is 29.3. The van der Waals surface area contributed by atoms with Gasteiger partial charge < -0.3 is 10.2 Å². The number of pyridine rings is 1. The highest BCUT2D eigenvalue weighted by Crippen LogP contribution is 2.07. The van der Waals surface area contributed by atoms with Crippen LogP contribution in [-0.2, 0) is 4.79 Å². The van der Waals surface area contributed by atoms with E-state index in [0.29, 0.717) is 5.56 Å². The van der Waals surface area contributed by atoms with Crippen molar-refractivity contribution in [2.45, 2.75) is 19.8 Å². The number of amides is 2. The summed E-state index contributed by atoms with van der Waals surface area (Å²) in [6.07, 6.45) is 5.27. The molecule has 0 aliphatic carbocycles. The van der Waals surface area contributed by atoms with Crippen LogP contribution < -0.4 is 5.32 Å². The van der Waals surface area contributed by atoms with Crippen molar-refractivity contribution in [2.24, 2.45) is 0 Å². The highest BCUT2D eigenvalue weighted by molar-refractivity contribution is 5.97. The van der Waals surface area contributed by atoms with Gasteiger partial charge in [-0.1, -0.05) is 0 Å². The Kier molecular flexibility index (Phi) is 3.92. The summed E-state index contributed by atoms with van der Waals surface area (Å²) in [6.45, 7) is 3.52. The maximum absolute atomic E-state index is 11.9. The Labute approximate surface area is 106 Å². The number of aryl methyl sites for hydroxylation is 1. The van der Waals surface area contributed by atoms with Crippen molar-refractivity contribution in [3.05, 3.63) is 29.6 Å². The Bertz CT molecular complexity index is 453. The predicted molar refractivity (Wildman–Crippen MR) is 67.1 cm³/mol. The van der Waals surface area contributed by atoms with E-state index in [0.717, 1.165) is 31.5 Å². The van der Waals surface area contributed by atoms with Gasteiger partial charge in [0.1, 0.15) is 0 Å². The van der Waals surface area contributed by atoms with Gasteiger partial charge in [-0.25, -0.2) is 0 Å². The first kappa shape index (κ1) is 12.5. The third-order valence-corrected chi connectivity index (χ3v) is 3.14. The molecule has 96 valence electrons. The summed E-state index contributed by atoms with van der Waals surface area (Å²) in [6, 6.07) is 1.78. The van der Waals surface area contributed by atoms with Gasteiger partial charge in [-0.3, -0.25) is 14.6 Å². The zero-order chi connectivity index (χ0) is 13.0. The summed E-state index contributed by atoms with van der Waals surface area (Å²) in [7, 11) is 0. The maximum Gasteiger partial charge on any atom is 0.253 e. The molecule has 18 heavy (non-hydrogen) atoms. The minimum Gasteiger partial charge on any atom is -0.343 e. The minimum atomic E-state index is -0.242. The van der Waals surface area contributed by atoms with Crippen LogP contribution in [0.2, 0.25) is 0 Å². The number of aromatic nitrogens is 1. The Morgan fingerprint density at radius 1 is 1.39 bits per heavy atom. The fourth-order valence-corrected chi connectivity index (χ4v) is 2.03. The van der Waals surface area contributed by atoms with Crippen LogP contribution in [0.15, 0.2) is 18.5 Å². The molecule has 5 nitrogen and oxygen atoms in total. The lowest BCUT2D eigenvalue weighted by Gasteiger charge is -2.15. The average Bonchev–Trinajstić information content (AvgIpc) is 2.90. The number of nitrogens with zero attached hydrogens (tertiary/aromatic N) is 2. The predicted octanol–water partition coefficient (Wildman–Crippen LogP) is 0.742. The van der Waals surface area contributed by atoms with Gasteiger partial charge in [-0.15, -0.1) is 0 Å². The fraction of sp³-hybridized carbons (Fsp3) is 0.462. The Hall–Kier alpha value is -1.91. The molecule has 1 aromatic heterocycles. The van der Waals surface area contributed by atoms with Gasteiger partial charge in [0, 0.05) is 25.5 Å². The molecule has 0 bridgehead atoms. The van der Waals surface area contributed by atoms with Crippen molar-refractivity contribution in [1.29, 1.82) is 0 Å². The van der Waals surface area contributed by atoms with E-state index in [2.05, 4.69) is 10.3 Å². The van der Waals surface area contributed by atoms with E-state index in [-0.39, 0.29) is 18.4 Å². The van der Waals surface area contributed by atoms with Crippen molar-refractivity contribution in [2.75, 3.05) is 19.6 Å². The van der Waals surface area contributed by atoms with Gasteiger partial charge in [0.25, 0.3) is 5.91 Å². The van der Waals surface area contributed by atoms with Crippen molar-refractivity contribution >= 4 is 11.8 Å². The molecule has 1 aliphatic heterocycles. The molecule has 0 unspecified atom stereocenters. The summed E-state index contributed by atoms with van der Waals surface area (Å²) in [5.74, 6) is -0.254. The van der Waals surface area contributed by atoms with E-state index in [9.17, 15) is 9.59 Å². The van der Waals surface area contributed by atoms with Crippen LogP contribution >= 0.6 is 0 Å². The standard InChI is InChI=1S/C13H17N3O2/c1-10-4-5-14-8-11(10)13(18)15-9-12(17)16-6-2-3-7-16/h4-5,8H,2-3,6-7,9H2,1H3,(H,15,18). The van der Waals surface area contributed by atoms with Crippen molar-refractivity contribution in [3.8, 4) is 0 Å². The maximum atomic E-state index is 11.9. The molecule has 2 rings (SSSR count). The van der Waals surface area contributed by atoms with Gasteiger partial charge in [0.05, 0.1) is 12.1 Å². The quantitative estimate of drug-likeness (QED) is 0.857. The van der Waals surface area contributed by atoms with Crippen molar-refractivity contribution < 1.29 is 9.59 Å². The Morgan fingerprint density at radius 3 is 2.78 bits per heavy atom. The molecule has 0 radical (unpaired) electrons. The molecule has 1 N–H and O–H groups in total. The highest BCUT2D eigenvalue weighted by Gasteiger charge is 2.18. The minimum absolute atomic E-state index is 0.0117. The SMILES string of the molecule is Cc1ccncc1C(=O)NCC(=O)N1CCCC1. The average molecular weight is 247 g/mol. The molecule has 5 heteroatoms. The summed E-state index contributed by atoms with van der Waals surface area (Å²) in [5.41, 5.74) is 1.38. The smallest absolute Gasteiger partial charge is 0.253 e. The van der Waals surface area contributed by atoms with E-state index in [1.165, 1.54) is 6.20 Å². The van der Waals surface area contributed by atoms with Gasteiger partial charge in [-0.2, -0.15) is 0 Å². The number of carbonyl (C=O) groups excluding carboxylic acids is 2. The highest BCUT2D eigenvalue weighted by atomic mass is 16.2. The van der Waals surface area contributed by atoms with Crippen LogP contribution in [-0.4, -0.2) is 41.3 Å². The van der Waals surface area contributed by atoms with Crippen LogP contribution in [0.1, 0.15) is 28.8 Å². The lowest BCUT2D eigenvalue weighted by molar-refractivity contribution is -0.129. The summed E-state index contributed by atoms with van der Waals surface area (Å²) in [5, 5.41) is 2.65. The third-order valence-electron chi connectivity index (χ3n) is 3.14. The van der Waals surface area contributed by atoms with Crippen LogP contribution in [0.25, 0.3) is 0 Å². The lowest BCUT2D eigenvalue weighted by atomic mass is 10.1. The first-order chi connectivity index (χ1) is 8.68. The molecule has 0 aromatic carbocycles. The molecule has 1 saturated heterocycles. The largest absolute Gasteiger partial charge is 0.343 e. The Morgan fingerprint density at radius 2 is 2.11 bits per heavy atom. The molecule has 0 spiro atoms. The normalized spacial score (nSPS) is 14.6. The number of likely N-dealkylation sites (tertiary alicyclic amines) is 1. The van der Waals surface area contributed by atoms with E-state index in [1.807, 2.05) is 6.92 Å². The molecule has 1 fully saturated rings. The monoisotopic (exact) mass is 247 g/mol. The molecule has 2 heterocycles. The number of rotatable bonds is 3. The van der Waals surface area contributed by atoms with Crippen LogP contribution in [0, 0.1) is 6.92 Å². The first-order valence-corrected chi connectivity index (χ1v) is 6.15. The number of hydrogen-bond acceptors (Lipinski definition) is 3. The molecule has 1 aromatic rings. The molecular formula is C13H17N3O2. The van der Waals surface area contributed by atoms with Gasteiger partial charge in [-0.05, 0) is 31.4 Å². The molecule has 0 saturated carbocycles. The zero-order valence-corrected chi connectivity index (χ0v) is 10.5. The summed E-state index contributed by atoms with van der Waals surface area (Å²) < 4.78 is 0. The van der Waals surface area contributed by atoms with Crippen LogP contribution in [0.4, 0.5) is 0 Å². The summed E-state index contributed by atoms with van der Waals surface area (Å²) >= 11 is 0. The second-order valence-corrected chi connectivity index (χ2v) is 4.46. The van der Waals surface area contributed by atoms with Gasteiger partial charge in [0.2, 0.25) is 5.91 Å². The number of carbonyl (C=O) groups is 2. The number of nitrogens with one attached hydrogen (secondary N) is 1. The van der Waals surface area contributed by atoms with Crippen LogP contribution in [0.5, 0.6) is 0 Å². The van der Waals surface area contributed by atoms with E-state index in [4.69, 9.17) is 0 Å². The van der Waals surface area contributed by atoms with E-state index in [1.54, 1.807) is 17.2 Å². The molecule has 1 aliphatic rings. The number of hydrogen-bond donors (Lipinski definition) is 1. The second kappa shape index (κ2) is 5.62. The molecule has 0 atom stereocenters. The zero-order valence-electron chi connectivity index (χ0n) is 10.5. The van der Waals surface area contributed by atoms with Crippen molar-refractivity contribution in [3.63, 3.8) is 0 Å². The fourth-order valence-electron chi connectivity index (χ4n) is 2.03. The van der Waals surface area contributed by atoms with E-state index >= 15 is 0 Å². The second-order valence-electron chi connectivity index (χ2n) is 4.46. The molecule has 2 amide bonds. The van der Waals surface area contributed by atoms with Crippen LogP contribution in [0.3, 0.4) is 0 Å². The Balaban J connectivity index is 1.88. The topological polar surface area (TPSA) is 62.3 Å². The third kappa shape index (κ3) is 2.85. The molecular weight excluding hydrogens is 230 g/mol. The lowest BCUT2D eigenvalue weighted by Crippen LogP contribution is -2.38.